The highest BCUT2D eigenvalue weighted by molar-refractivity contribution is 5.38. The summed E-state index contributed by atoms with van der Waals surface area (Å²) >= 11 is 0. The summed E-state index contributed by atoms with van der Waals surface area (Å²) in [6, 6.07) is 11.8. The van der Waals surface area contributed by atoms with Crippen LogP contribution in [-0.2, 0) is 0 Å². The summed E-state index contributed by atoms with van der Waals surface area (Å²) in [5.74, 6) is 0.557. The molecule has 2 rings (SSSR count). The fourth-order valence-electron chi connectivity index (χ4n) is 1.33. The van der Waals surface area contributed by atoms with E-state index in [2.05, 4.69) is 5.10 Å². The average Bonchev–Trinajstić information content (AvgIpc) is 2.47. The molecule has 0 saturated heterocycles. The predicted octanol–water partition coefficient (Wildman–Crippen LogP) is 1.76. The van der Waals surface area contributed by atoms with Gasteiger partial charge in [-0.2, -0.15) is 5.10 Å². The first-order valence-corrected chi connectivity index (χ1v) is 4.15. The van der Waals surface area contributed by atoms with Crippen molar-refractivity contribution in [3.05, 3.63) is 42.1 Å². The van der Waals surface area contributed by atoms with Gasteiger partial charge in [0.25, 0.3) is 0 Å². The minimum atomic E-state index is 0.557. The molecule has 0 unspecified atom stereocenters. The van der Waals surface area contributed by atoms with E-state index in [0.717, 1.165) is 11.4 Å². The van der Waals surface area contributed by atoms with Crippen LogP contribution in [0.3, 0.4) is 0 Å². The third kappa shape index (κ3) is 1.40. The first-order valence-electron chi connectivity index (χ1n) is 4.15. The second kappa shape index (κ2) is 2.94. The average molecular weight is 173 g/mol. The highest BCUT2D eigenvalue weighted by atomic mass is 15.3. The Balaban J connectivity index is 2.53. The van der Waals surface area contributed by atoms with Gasteiger partial charge in [0.2, 0.25) is 0 Å². The van der Waals surface area contributed by atoms with Crippen LogP contribution in [0.5, 0.6) is 0 Å². The standard InChI is InChI=1S/C10H11N3/c1-8-7-10(11)12-13(8)9-5-3-2-4-6-9/h2-7H,1H3,(H2,11,12). The zero-order valence-electron chi connectivity index (χ0n) is 7.44. The van der Waals surface area contributed by atoms with Crippen LogP contribution in [0, 0.1) is 6.92 Å². The van der Waals surface area contributed by atoms with Crippen molar-refractivity contribution in [2.24, 2.45) is 0 Å². The normalized spacial score (nSPS) is 10.2. The third-order valence-electron chi connectivity index (χ3n) is 1.91. The fraction of sp³-hybridized carbons (Fsp3) is 0.100. The van der Waals surface area contributed by atoms with Gasteiger partial charge in [0.1, 0.15) is 5.82 Å². The minimum absolute atomic E-state index is 0.557. The van der Waals surface area contributed by atoms with Crippen molar-refractivity contribution in [1.82, 2.24) is 9.78 Å². The summed E-state index contributed by atoms with van der Waals surface area (Å²) in [6.07, 6.45) is 0. The second-order valence-corrected chi connectivity index (χ2v) is 2.96. The SMILES string of the molecule is Cc1cc(N)nn1-c1ccccc1. The van der Waals surface area contributed by atoms with Gasteiger partial charge in [0, 0.05) is 11.8 Å². The van der Waals surface area contributed by atoms with E-state index >= 15 is 0 Å². The lowest BCUT2D eigenvalue weighted by atomic mass is 10.3. The van der Waals surface area contributed by atoms with Crippen LogP contribution in [0.1, 0.15) is 5.69 Å². The van der Waals surface area contributed by atoms with Crippen molar-refractivity contribution < 1.29 is 0 Å². The van der Waals surface area contributed by atoms with Crippen LogP contribution in [0.4, 0.5) is 5.82 Å². The topological polar surface area (TPSA) is 43.8 Å². The maximum Gasteiger partial charge on any atom is 0.146 e. The van der Waals surface area contributed by atoms with Crippen molar-refractivity contribution in [2.45, 2.75) is 6.92 Å². The largest absolute Gasteiger partial charge is 0.382 e. The number of anilines is 1. The van der Waals surface area contributed by atoms with Crippen molar-refractivity contribution in [3.63, 3.8) is 0 Å². The summed E-state index contributed by atoms with van der Waals surface area (Å²) in [5, 5.41) is 4.17. The molecule has 1 aromatic heterocycles. The Morgan fingerprint density at radius 1 is 1.23 bits per heavy atom. The van der Waals surface area contributed by atoms with Crippen LogP contribution >= 0.6 is 0 Å². The fourth-order valence-corrected chi connectivity index (χ4v) is 1.33. The van der Waals surface area contributed by atoms with Crippen LogP contribution in [0.25, 0.3) is 5.69 Å². The number of hydrogen-bond donors (Lipinski definition) is 1. The predicted molar refractivity (Wildman–Crippen MR) is 52.7 cm³/mol. The minimum Gasteiger partial charge on any atom is -0.382 e. The molecule has 66 valence electrons. The molecule has 0 radical (unpaired) electrons. The number of hydrogen-bond acceptors (Lipinski definition) is 2. The van der Waals surface area contributed by atoms with E-state index in [-0.39, 0.29) is 0 Å². The molecular formula is C10H11N3. The third-order valence-corrected chi connectivity index (χ3v) is 1.91. The van der Waals surface area contributed by atoms with Crippen molar-refractivity contribution in [1.29, 1.82) is 0 Å². The van der Waals surface area contributed by atoms with E-state index in [1.54, 1.807) is 0 Å². The van der Waals surface area contributed by atoms with Gasteiger partial charge in [-0.1, -0.05) is 18.2 Å². The van der Waals surface area contributed by atoms with Crippen LogP contribution < -0.4 is 5.73 Å². The van der Waals surface area contributed by atoms with Gasteiger partial charge in [0.05, 0.1) is 5.69 Å². The molecule has 0 saturated carbocycles. The first-order chi connectivity index (χ1) is 6.27. The van der Waals surface area contributed by atoms with E-state index < -0.39 is 0 Å². The molecule has 0 amide bonds. The molecule has 2 N–H and O–H groups in total. The van der Waals surface area contributed by atoms with Crippen molar-refractivity contribution in [3.8, 4) is 5.69 Å². The molecule has 3 heteroatoms. The number of para-hydroxylation sites is 1. The van der Waals surface area contributed by atoms with Gasteiger partial charge in [-0.15, -0.1) is 0 Å². The Kier molecular flexibility index (Phi) is 1.77. The number of rotatable bonds is 1. The Bertz CT molecular complexity index is 403. The molecular weight excluding hydrogens is 162 g/mol. The van der Waals surface area contributed by atoms with Crippen LogP contribution in [-0.4, -0.2) is 9.78 Å². The number of benzene rings is 1. The second-order valence-electron chi connectivity index (χ2n) is 2.96. The smallest absolute Gasteiger partial charge is 0.146 e. The maximum atomic E-state index is 5.58. The lowest BCUT2D eigenvalue weighted by Gasteiger charge is -2.02. The Labute approximate surface area is 76.8 Å². The van der Waals surface area contributed by atoms with Crippen molar-refractivity contribution >= 4 is 5.82 Å². The van der Waals surface area contributed by atoms with E-state index in [9.17, 15) is 0 Å². The van der Waals surface area contributed by atoms with Gasteiger partial charge >= 0.3 is 0 Å². The first kappa shape index (κ1) is 7.86. The molecule has 3 nitrogen and oxygen atoms in total. The lowest BCUT2D eigenvalue weighted by molar-refractivity contribution is 0.851. The highest BCUT2D eigenvalue weighted by Crippen LogP contribution is 2.11. The zero-order valence-corrected chi connectivity index (χ0v) is 7.44. The number of nitrogens with two attached hydrogens (primary N) is 1. The zero-order chi connectivity index (χ0) is 9.26. The summed E-state index contributed by atoms with van der Waals surface area (Å²) in [4.78, 5) is 0. The van der Waals surface area contributed by atoms with Gasteiger partial charge in [-0.25, -0.2) is 4.68 Å². The van der Waals surface area contributed by atoms with E-state index in [1.807, 2.05) is 48.0 Å². The molecule has 1 aromatic carbocycles. The molecule has 0 spiro atoms. The number of aromatic nitrogens is 2. The van der Waals surface area contributed by atoms with Gasteiger partial charge < -0.3 is 5.73 Å². The van der Waals surface area contributed by atoms with Crippen LogP contribution in [0.2, 0.25) is 0 Å². The Morgan fingerprint density at radius 2 is 1.92 bits per heavy atom. The Hall–Kier alpha value is -1.77. The molecule has 2 aromatic rings. The summed E-state index contributed by atoms with van der Waals surface area (Å²) in [7, 11) is 0. The summed E-state index contributed by atoms with van der Waals surface area (Å²) in [6.45, 7) is 1.98. The molecule has 0 fully saturated rings. The summed E-state index contributed by atoms with van der Waals surface area (Å²) < 4.78 is 1.83. The Morgan fingerprint density at radius 3 is 2.46 bits per heavy atom. The highest BCUT2D eigenvalue weighted by Gasteiger charge is 2.01. The van der Waals surface area contributed by atoms with Crippen LogP contribution in [0.15, 0.2) is 36.4 Å². The number of nitrogen functional groups attached to an aromatic ring is 1. The molecule has 0 bridgehead atoms. The molecule has 0 aliphatic rings. The van der Waals surface area contributed by atoms with Gasteiger partial charge in [-0.3, -0.25) is 0 Å². The van der Waals surface area contributed by atoms with E-state index in [4.69, 9.17) is 5.73 Å². The molecule has 0 atom stereocenters. The van der Waals surface area contributed by atoms with Crippen molar-refractivity contribution in [2.75, 3.05) is 5.73 Å². The maximum absolute atomic E-state index is 5.58. The number of aryl methyl sites for hydroxylation is 1. The molecule has 1 heterocycles. The number of nitrogens with zero attached hydrogens (tertiary/aromatic N) is 2. The summed E-state index contributed by atoms with van der Waals surface area (Å²) in [5.41, 5.74) is 7.67. The van der Waals surface area contributed by atoms with E-state index in [0.29, 0.717) is 5.82 Å². The van der Waals surface area contributed by atoms with E-state index in [1.165, 1.54) is 0 Å². The van der Waals surface area contributed by atoms with Gasteiger partial charge in [-0.05, 0) is 19.1 Å². The lowest BCUT2D eigenvalue weighted by Crippen LogP contribution is -1.98. The molecule has 13 heavy (non-hydrogen) atoms. The van der Waals surface area contributed by atoms with Gasteiger partial charge in [0.15, 0.2) is 0 Å². The quantitative estimate of drug-likeness (QED) is 0.714. The molecule has 0 aliphatic carbocycles. The molecule has 0 aliphatic heterocycles. The monoisotopic (exact) mass is 173 g/mol.